The molecule has 0 aliphatic rings. The van der Waals surface area contributed by atoms with Crippen LogP contribution in [0.3, 0.4) is 0 Å². The molecule has 0 saturated heterocycles. The number of imidazole rings is 1. The fourth-order valence-electron chi connectivity index (χ4n) is 3.65. The van der Waals surface area contributed by atoms with Gasteiger partial charge >= 0.3 is 0 Å². The molecular formula is C24H19N5O. The molecule has 0 bridgehead atoms. The third-order valence-electron chi connectivity index (χ3n) is 5.07. The Bertz CT molecular complexity index is 1360. The van der Waals surface area contributed by atoms with Crippen LogP contribution < -0.4 is 5.32 Å². The van der Waals surface area contributed by atoms with E-state index in [1.54, 1.807) is 12.5 Å². The standard InChI is InChI=1S/C24H19N5O/c1-16-9-10-18-14-19(11-12-20(18)27-16)28-24(30)22(17-6-3-2-4-7-17)29-15-26-21-8-5-13-25-23(21)29/h2-15,22H,1H3,(H,28,30). The van der Waals surface area contributed by atoms with Crippen LogP contribution in [0.5, 0.6) is 0 Å². The van der Waals surface area contributed by atoms with Crippen molar-refractivity contribution < 1.29 is 4.79 Å². The number of carbonyl (C=O) groups is 1. The summed E-state index contributed by atoms with van der Waals surface area (Å²) in [5.74, 6) is -0.162. The highest BCUT2D eigenvalue weighted by Gasteiger charge is 2.25. The second kappa shape index (κ2) is 7.40. The number of carbonyl (C=O) groups excluding carboxylic acids is 1. The van der Waals surface area contributed by atoms with E-state index >= 15 is 0 Å². The van der Waals surface area contributed by atoms with E-state index < -0.39 is 6.04 Å². The van der Waals surface area contributed by atoms with Crippen LogP contribution in [-0.4, -0.2) is 25.4 Å². The number of pyridine rings is 2. The largest absolute Gasteiger partial charge is 0.324 e. The van der Waals surface area contributed by atoms with Gasteiger partial charge in [-0.2, -0.15) is 0 Å². The van der Waals surface area contributed by atoms with Gasteiger partial charge in [0, 0.05) is 23.0 Å². The molecule has 6 nitrogen and oxygen atoms in total. The molecule has 0 aliphatic heterocycles. The second-order valence-electron chi connectivity index (χ2n) is 7.16. The van der Waals surface area contributed by atoms with Gasteiger partial charge in [-0.25, -0.2) is 9.97 Å². The number of aromatic nitrogens is 4. The van der Waals surface area contributed by atoms with Crippen molar-refractivity contribution >= 4 is 33.7 Å². The Hall–Kier alpha value is -4.06. The summed E-state index contributed by atoms with van der Waals surface area (Å²) in [6, 6.07) is 22.5. The van der Waals surface area contributed by atoms with Crippen LogP contribution in [-0.2, 0) is 4.79 Å². The normalized spacial score (nSPS) is 12.2. The average Bonchev–Trinajstić information content (AvgIpc) is 3.19. The fourth-order valence-corrected chi connectivity index (χ4v) is 3.65. The smallest absolute Gasteiger partial charge is 0.252 e. The average molecular weight is 393 g/mol. The Kier molecular flexibility index (Phi) is 4.44. The van der Waals surface area contributed by atoms with E-state index in [-0.39, 0.29) is 5.91 Å². The van der Waals surface area contributed by atoms with Crippen molar-refractivity contribution in [1.82, 2.24) is 19.5 Å². The van der Waals surface area contributed by atoms with Crippen LogP contribution in [0.15, 0.2) is 85.3 Å². The number of aryl methyl sites for hydroxylation is 1. The van der Waals surface area contributed by atoms with Gasteiger partial charge in [0.15, 0.2) is 5.65 Å². The van der Waals surface area contributed by atoms with E-state index in [4.69, 9.17) is 0 Å². The van der Waals surface area contributed by atoms with Gasteiger partial charge in [-0.05, 0) is 48.9 Å². The molecule has 1 unspecified atom stereocenters. The maximum atomic E-state index is 13.4. The summed E-state index contributed by atoms with van der Waals surface area (Å²) in [5.41, 5.74) is 4.85. The minimum Gasteiger partial charge on any atom is -0.324 e. The summed E-state index contributed by atoms with van der Waals surface area (Å²) in [7, 11) is 0. The lowest BCUT2D eigenvalue weighted by Crippen LogP contribution is -2.26. The van der Waals surface area contributed by atoms with E-state index in [1.807, 2.05) is 84.3 Å². The summed E-state index contributed by atoms with van der Waals surface area (Å²) in [6.07, 6.45) is 3.38. The Morgan fingerprint density at radius 1 is 0.933 bits per heavy atom. The molecule has 1 N–H and O–H groups in total. The lowest BCUT2D eigenvalue weighted by Gasteiger charge is -2.19. The number of anilines is 1. The molecular weight excluding hydrogens is 374 g/mol. The minimum atomic E-state index is -0.599. The molecule has 0 radical (unpaired) electrons. The highest BCUT2D eigenvalue weighted by molar-refractivity contribution is 5.98. The van der Waals surface area contributed by atoms with Crippen LogP contribution in [0.25, 0.3) is 22.1 Å². The quantitative estimate of drug-likeness (QED) is 0.487. The highest BCUT2D eigenvalue weighted by atomic mass is 16.2. The van der Waals surface area contributed by atoms with E-state index in [2.05, 4.69) is 20.3 Å². The van der Waals surface area contributed by atoms with E-state index in [1.165, 1.54) is 0 Å². The van der Waals surface area contributed by atoms with Gasteiger partial charge in [-0.1, -0.05) is 36.4 Å². The predicted molar refractivity (Wildman–Crippen MR) is 117 cm³/mol. The molecule has 0 fully saturated rings. The third kappa shape index (κ3) is 3.28. The van der Waals surface area contributed by atoms with E-state index in [0.29, 0.717) is 5.65 Å². The number of rotatable bonds is 4. The van der Waals surface area contributed by atoms with Crippen molar-refractivity contribution in [2.45, 2.75) is 13.0 Å². The Labute approximate surface area is 173 Å². The lowest BCUT2D eigenvalue weighted by molar-refractivity contribution is -0.118. The minimum absolute atomic E-state index is 0.162. The number of nitrogens with one attached hydrogen (secondary N) is 1. The fraction of sp³-hybridized carbons (Fsp3) is 0.0833. The van der Waals surface area contributed by atoms with Crippen LogP contribution in [0, 0.1) is 6.92 Å². The highest BCUT2D eigenvalue weighted by Crippen LogP contribution is 2.25. The van der Waals surface area contributed by atoms with Gasteiger partial charge in [0.2, 0.25) is 0 Å². The zero-order chi connectivity index (χ0) is 20.5. The van der Waals surface area contributed by atoms with Crippen LogP contribution in [0.2, 0.25) is 0 Å². The zero-order valence-electron chi connectivity index (χ0n) is 16.4. The molecule has 1 amide bonds. The summed E-state index contributed by atoms with van der Waals surface area (Å²) in [6.45, 7) is 1.96. The number of benzene rings is 2. The Morgan fingerprint density at radius 3 is 2.67 bits per heavy atom. The third-order valence-corrected chi connectivity index (χ3v) is 5.07. The summed E-state index contributed by atoms with van der Waals surface area (Å²) >= 11 is 0. The van der Waals surface area contributed by atoms with Gasteiger partial charge < -0.3 is 5.32 Å². The molecule has 0 spiro atoms. The first kappa shape index (κ1) is 18.0. The molecule has 5 rings (SSSR count). The van der Waals surface area contributed by atoms with Gasteiger partial charge in [0.25, 0.3) is 5.91 Å². The van der Waals surface area contributed by atoms with Gasteiger partial charge in [0.05, 0.1) is 11.8 Å². The molecule has 0 aliphatic carbocycles. The molecule has 1 atom stereocenters. The molecule has 3 aromatic heterocycles. The Balaban J connectivity index is 1.54. The van der Waals surface area contributed by atoms with Crippen molar-refractivity contribution in [3.05, 3.63) is 96.6 Å². The van der Waals surface area contributed by atoms with Crippen LogP contribution in [0.4, 0.5) is 5.69 Å². The lowest BCUT2D eigenvalue weighted by atomic mass is 10.1. The van der Waals surface area contributed by atoms with Crippen molar-refractivity contribution in [2.75, 3.05) is 5.32 Å². The van der Waals surface area contributed by atoms with Crippen LogP contribution >= 0.6 is 0 Å². The molecule has 6 heteroatoms. The van der Waals surface area contributed by atoms with Crippen LogP contribution in [0.1, 0.15) is 17.3 Å². The maximum absolute atomic E-state index is 13.4. The van der Waals surface area contributed by atoms with Gasteiger partial charge in [-0.15, -0.1) is 0 Å². The monoisotopic (exact) mass is 393 g/mol. The molecule has 3 heterocycles. The number of amides is 1. The van der Waals surface area contributed by atoms with Crippen molar-refractivity contribution in [2.24, 2.45) is 0 Å². The van der Waals surface area contributed by atoms with E-state index in [9.17, 15) is 4.79 Å². The molecule has 146 valence electrons. The maximum Gasteiger partial charge on any atom is 0.252 e. The first-order valence-corrected chi connectivity index (χ1v) is 9.70. The summed E-state index contributed by atoms with van der Waals surface area (Å²) in [4.78, 5) is 26.8. The van der Waals surface area contributed by atoms with Crippen molar-refractivity contribution in [1.29, 1.82) is 0 Å². The number of hydrogen-bond acceptors (Lipinski definition) is 4. The first-order valence-electron chi connectivity index (χ1n) is 9.70. The Morgan fingerprint density at radius 2 is 1.80 bits per heavy atom. The number of fused-ring (bicyclic) bond motifs is 2. The molecule has 5 aromatic rings. The van der Waals surface area contributed by atoms with Gasteiger partial charge in [0.1, 0.15) is 11.6 Å². The predicted octanol–water partition coefficient (Wildman–Crippen LogP) is 4.52. The van der Waals surface area contributed by atoms with Gasteiger partial charge in [-0.3, -0.25) is 14.3 Å². The number of nitrogens with zero attached hydrogens (tertiary/aromatic N) is 4. The van der Waals surface area contributed by atoms with Crippen molar-refractivity contribution in [3.63, 3.8) is 0 Å². The molecule has 2 aromatic carbocycles. The topological polar surface area (TPSA) is 72.7 Å². The number of hydrogen-bond donors (Lipinski definition) is 1. The summed E-state index contributed by atoms with van der Waals surface area (Å²) < 4.78 is 1.81. The van der Waals surface area contributed by atoms with Crippen molar-refractivity contribution in [3.8, 4) is 0 Å². The molecule has 0 saturated carbocycles. The summed E-state index contributed by atoms with van der Waals surface area (Å²) in [5, 5.41) is 4.03. The molecule has 30 heavy (non-hydrogen) atoms. The second-order valence-corrected chi connectivity index (χ2v) is 7.16. The first-order chi connectivity index (χ1) is 14.7. The SMILES string of the molecule is Cc1ccc2cc(NC(=O)C(c3ccccc3)n3cnc4cccnc43)ccc2n1. The zero-order valence-corrected chi connectivity index (χ0v) is 16.4. The van der Waals surface area contributed by atoms with E-state index in [0.717, 1.165) is 33.4 Å².